The van der Waals surface area contributed by atoms with Crippen LogP contribution in [0.25, 0.3) is 0 Å². The molecule has 1 heterocycles. The van der Waals surface area contributed by atoms with Crippen LogP contribution in [0.15, 0.2) is 48.8 Å². The van der Waals surface area contributed by atoms with Crippen LogP contribution in [-0.2, 0) is 17.8 Å². The molecule has 0 unspecified atom stereocenters. The maximum absolute atomic E-state index is 12.5. The first-order valence-corrected chi connectivity index (χ1v) is 7.72. The van der Waals surface area contributed by atoms with Crippen molar-refractivity contribution >= 4 is 5.91 Å². The number of aromatic nitrogens is 1. The zero-order chi connectivity index (χ0) is 16.5. The summed E-state index contributed by atoms with van der Waals surface area (Å²) in [5.74, 6) is 0.766. The van der Waals surface area contributed by atoms with E-state index in [1.807, 2.05) is 43.3 Å². The summed E-state index contributed by atoms with van der Waals surface area (Å²) in [4.78, 5) is 18.1. The van der Waals surface area contributed by atoms with Gasteiger partial charge in [-0.15, -0.1) is 0 Å². The molecule has 0 bridgehead atoms. The molecule has 2 rings (SSSR count). The van der Waals surface area contributed by atoms with Crippen molar-refractivity contribution in [1.82, 2.24) is 9.88 Å². The van der Waals surface area contributed by atoms with Crippen LogP contribution in [0, 0.1) is 0 Å². The molecule has 1 amide bonds. The third-order valence-electron chi connectivity index (χ3n) is 3.41. The van der Waals surface area contributed by atoms with E-state index in [4.69, 9.17) is 4.74 Å². The fraction of sp³-hybridized carbons (Fsp3) is 0.333. The highest BCUT2D eigenvalue weighted by molar-refractivity contribution is 5.78. The van der Waals surface area contributed by atoms with Gasteiger partial charge in [0.1, 0.15) is 5.75 Å². The number of ether oxygens (including phenoxy) is 1. The Bertz CT molecular complexity index is 617. The Morgan fingerprint density at radius 2 is 2.00 bits per heavy atom. The van der Waals surface area contributed by atoms with Gasteiger partial charge in [0.2, 0.25) is 5.91 Å². The lowest BCUT2D eigenvalue weighted by atomic mass is 10.1. The summed E-state index contributed by atoms with van der Waals surface area (Å²) >= 11 is 0. The topological polar surface area (TPSA) is 62.7 Å². The molecule has 23 heavy (non-hydrogen) atoms. The Kier molecular flexibility index (Phi) is 6.56. The largest absolute Gasteiger partial charge is 0.494 e. The van der Waals surface area contributed by atoms with Crippen molar-refractivity contribution in [2.45, 2.75) is 19.9 Å². The summed E-state index contributed by atoms with van der Waals surface area (Å²) in [5, 5.41) is 9.24. The van der Waals surface area contributed by atoms with Gasteiger partial charge in [0.05, 0.1) is 19.6 Å². The van der Waals surface area contributed by atoms with E-state index in [1.54, 1.807) is 17.3 Å². The van der Waals surface area contributed by atoms with E-state index in [2.05, 4.69) is 4.98 Å². The minimum Gasteiger partial charge on any atom is -0.494 e. The van der Waals surface area contributed by atoms with Gasteiger partial charge < -0.3 is 14.7 Å². The molecule has 0 atom stereocenters. The normalized spacial score (nSPS) is 10.3. The highest BCUT2D eigenvalue weighted by Crippen LogP contribution is 2.15. The molecular formula is C18H22N2O3. The van der Waals surface area contributed by atoms with Gasteiger partial charge in [-0.05, 0) is 42.3 Å². The molecule has 0 aliphatic rings. The number of pyridine rings is 1. The van der Waals surface area contributed by atoms with Crippen molar-refractivity contribution in [1.29, 1.82) is 0 Å². The maximum Gasteiger partial charge on any atom is 0.227 e. The van der Waals surface area contributed by atoms with E-state index in [0.29, 0.717) is 26.1 Å². The number of hydrogen-bond donors (Lipinski definition) is 1. The molecule has 0 spiro atoms. The lowest BCUT2D eigenvalue weighted by molar-refractivity contribution is -0.131. The van der Waals surface area contributed by atoms with E-state index in [0.717, 1.165) is 16.9 Å². The van der Waals surface area contributed by atoms with Gasteiger partial charge in [-0.2, -0.15) is 0 Å². The zero-order valence-corrected chi connectivity index (χ0v) is 13.3. The van der Waals surface area contributed by atoms with Gasteiger partial charge in [-0.25, -0.2) is 0 Å². The lowest BCUT2D eigenvalue weighted by Gasteiger charge is -2.22. The Labute approximate surface area is 136 Å². The van der Waals surface area contributed by atoms with Crippen LogP contribution in [0.2, 0.25) is 0 Å². The van der Waals surface area contributed by atoms with E-state index < -0.39 is 0 Å². The van der Waals surface area contributed by atoms with Crippen LogP contribution < -0.4 is 4.74 Å². The summed E-state index contributed by atoms with van der Waals surface area (Å²) < 4.78 is 5.48. The average Bonchev–Trinajstić information content (AvgIpc) is 2.56. The van der Waals surface area contributed by atoms with Crippen LogP contribution in [0.1, 0.15) is 18.1 Å². The molecule has 5 heteroatoms. The fourth-order valence-corrected chi connectivity index (χ4v) is 2.32. The minimum absolute atomic E-state index is 0.0212. The minimum atomic E-state index is -0.0623. The number of rotatable bonds is 8. The Morgan fingerprint density at radius 3 is 2.70 bits per heavy atom. The van der Waals surface area contributed by atoms with Crippen LogP contribution in [-0.4, -0.2) is 40.7 Å². The zero-order valence-electron chi connectivity index (χ0n) is 13.3. The monoisotopic (exact) mass is 314 g/mol. The second-order valence-corrected chi connectivity index (χ2v) is 5.15. The summed E-state index contributed by atoms with van der Waals surface area (Å²) in [6, 6.07) is 11.3. The first kappa shape index (κ1) is 17.0. The molecular weight excluding hydrogens is 292 g/mol. The third-order valence-corrected chi connectivity index (χ3v) is 3.41. The van der Waals surface area contributed by atoms with E-state index in [-0.39, 0.29) is 12.5 Å². The molecule has 1 aromatic heterocycles. The van der Waals surface area contributed by atoms with Crippen molar-refractivity contribution in [3.8, 4) is 5.75 Å². The standard InChI is InChI=1S/C18H22N2O3/c1-2-23-17-5-3-4-16(12-17)14-20(10-11-21)18(22)13-15-6-8-19-9-7-15/h3-9,12,21H,2,10-11,13-14H2,1H3. The molecule has 122 valence electrons. The van der Waals surface area contributed by atoms with E-state index in [1.165, 1.54) is 0 Å². The van der Waals surface area contributed by atoms with E-state index in [9.17, 15) is 9.90 Å². The van der Waals surface area contributed by atoms with Gasteiger partial charge >= 0.3 is 0 Å². The smallest absolute Gasteiger partial charge is 0.227 e. The van der Waals surface area contributed by atoms with Crippen LogP contribution in [0.5, 0.6) is 5.75 Å². The molecule has 1 N–H and O–H groups in total. The molecule has 5 nitrogen and oxygen atoms in total. The number of amides is 1. The second kappa shape index (κ2) is 8.90. The highest BCUT2D eigenvalue weighted by Gasteiger charge is 2.14. The van der Waals surface area contributed by atoms with Gasteiger partial charge in [0, 0.05) is 25.5 Å². The number of hydrogen-bond acceptors (Lipinski definition) is 4. The van der Waals surface area contributed by atoms with Gasteiger partial charge in [-0.1, -0.05) is 12.1 Å². The SMILES string of the molecule is CCOc1cccc(CN(CCO)C(=O)Cc2ccncc2)c1. The molecule has 0 saturated heterocycles. The summed E-state index contributed by atoms with van der Waals surface area (Å²) in [5.41, 5.74) is 1.89. The second-order valence-electron chi connectivity index (χ2n) is 5.15. The molecule has 0 aliphatic heterocycles. The predicted molar refractivity (Wildman–Crippen MR) is 88.1 cm³/mol. The number of carbonyl (C=O) groups is 1. The highest BCUT2D eigenvalue weighted by atomic mass is 16.5. The Hall–Kier alpha value is -2.40. The van der Waals surface area contributed by atoms with Crippen molar-refractivity contribution < 1.29 is 14.6 Å². The lowest BCUT2D eigenvalue weighted by Crippen LogP contribution is -2.34. The number of aliphatic hydroxyl groups excluding tert-OH is 1. The first-order valence-electron chi connectivity index (χ1n) is 7.72. The molecule has 0 aliphatic carbocycles. The van der Waals surface area contributed by atoms with Crippen LogP contribution >= 0.6 is 0 Å². The van der Waals surface area contributed by atoms with Crippen molar-refractivity contribution in [2.24, 2.45) is 0 Å². The Morgan fingerprint density at radius 1 is 1.22 bits per heavy atom. The number of aliphatic hydroxyl groups is 1. The number of benzene rings is 1. The predicted octanol–water partition coefficient (Wildman–Crippen LogP) is 2.04. The molecule has 2 aromatic rings. The van der Waals surface area contributed by atoms with Crippen molar-refractivity contribution in [2.75, 3.05) is 19.8 Å². The van der Waals surface area contributed by atoms with Gasteiger partial charge in [0.15, 0.2) is 0 Å². The fourth-order valence-electron chi connectivity index (χ4n) is 2.32. The average molecular weight is 314 g/mol. The molecule has 1 aromatic carbocycles. The quantitative estimate of drug-likeness (QED) is 0.810. The van der Waals surface area contributed by atoms with Crippen molar-refractivity contribution in [3.05, 3.63) is 59.9 Å². The summed E-state index contributed by atoms with van der Waals surface area (Å²) in [6.45, 7) is 3.23. The summed E-state index contributed by atoms with van der Waals surface area (Å²) in [7, 11) is 0. The molecule has 0 radical (unpaired) electrons. The molecule has 0 saturated carbocycles. The number of carbonyl (C=O) groups excluding carboxylic acids is 1. The van der Waals surface area contributed by atoms with Crippen LogP contribution in [0.3, 0.4) is 0 Å². The molecule has 0 fully saturated rings. The van der Waals surface area contributed by atoms with Gasteiger partial charge in [0.25, 0.3) is 0 Å². The van der Waals surface area contributed by atoms with Gasteiger partial charge in [-0.3, -0.25) is 9.78 Å². The van der Waals surface area contributed by atoms with Crippen molar-refractivity contribution in [3.63, 3.8) is 0 Å². The third kappa shape index (κ3) is 5.38. The van der Waals surface area contributed by atoms with Crippen LogP contribution in [0.4, 0.5) is 0 Å². The first-order chi connectivity index (χ1) is 11.2. The number of nitrogens with zero attached hydrogens (tertiary/aromatic N) is 2. The van der Waals surface area contributed by atoms with E-state index >= 15 is 0 Å². The Balaban J connectivity index is 2.05. The summed E-state index contributed by atoms with van der Waals surface area (Å²) in [6.07, 6.45) is 3.64. The maximum atomic E-state index is 12.5.